The van der Waals surface area contributed by atoms with Crippen LogP contribution in [0.15, 0.2) is 53.4 Å². The average molecular weight is 485 g/mol. The van der Waals surface area contributed by atoms with Crippen molar-refractivity contribution in [1.29, 1.82) is 0 Å². The van der Waals surface area contributed by atoms with Gasteiger partial charge in [-0.1, -0.05) is 36.8 Å². The van der Waals surface area contributed by atoms with E-state index in [4.69, 9.17) is 0 Å². The van der Waals surface area contributed by atoms with Gasteiger partial charge in [-0.05, 0) is 43.0 Å². The number of hydrogen-bond acceptors (Lipinski definition) is 4. The van der Waals surface area contributed by atoms with E-state index >= 15 is 0 Å². The number of benzene rings is 2. The largest absolute Gasteiger partial charge is 0.573 e. The lowest BCUT2D eigenvalue weighted by atomic mass is 10.1. The summed E-state index contributed by atoms with van der Waals surface area (Å²) in [5.41, 5.74) is 1.05. The van der Waals surface area contributed by atoms with E-state index in [0.717, 1.165) is 24.8 Å². The van der Waals surface area contributed by atoms with Crippen molar-refractivity contribution in [3.8, 4) is 5.75 Å². The summed E-state index contributed by atoms with van der Waals surface area (Å²) < 4.78 is 68.8. The Morgan fingerprint density at radius 3 is 2.30 bits per heavy atom. The molecule has 0 aliphatic carbocycles. The lowest BCUT2D eigenvalue weighted by Crippen LogP contribution is -2.35. The topological polar surface area (TPSA) is 66.9 Å². The van der Waals surface area contributed by atoms with Gasteiger partial charge in [-0.3, -0.25) is 4.79 Å². The number of carbonyl (C=O) groups is 1. The van der Waals surface area contributed by atoms with Crippen LogP contribution in [0.25, 0.3) is 0 Å². The standard InChI is InChI=1S/C23H27F3N2O4S/c1-27(17-19-7-3-4-8-21(19)32-23(24,25)26)22(29)14-11-18-9-12-20(13-10-18)33(30,31)28-15-5-2-6-16-28/h3-4,7-10,12-13H,2,5-6,11,14-17H2,1H3. The maximum atomic E-state index is 12.7. The van der Waals surface area contributed by atoms with Gasteiger partial charge in [0.1, 0.15) is 5.75 Å². The van der Waals surface area contributed by atoms with Crippen LogP contribution in [0.3, 0.4) is 0 Å². The molecule has 2 aromatic carbocycles. The number of piperidine rings is 1. The Morgan fingerprint density at radius 1 is 1.03 bits per heavy atom. The third-order valence-electron chi connectivity index (χ3n) is 5.54. The SMILES string of the molecule is CN(Cc1ccccc1OC(F)(F)F)C(=O)CCc1ccc(S(=O)(=O)N2CCCCC2)cc1. The highest BCUT2D eigenvalue weighted by atomic mass is 32.2. The van der Waals surface area contributed by atoms with Crippen LogP contribution in [-0.4, -0.2) is 50.0 Å². The molecule has 180 valence electrons. The zero-order valence-electron chi connectivity index (χ0n) is 18.3. The number of halogens is 3. The first-order chi connectivity index (χ1) is 15.6. The van der Waals surface area contributed by atoms with Gasteiger partial charge in [0.25, 0.3) is 0 Å². The Labute approximate surface area is 192 Å². The van der Waals surface area contributed by atoms with Crippen molar-refractivity contribution in [3.05, 3.63) is 59.7 Å². The molecule has 0 atom stereocenters. The first-order valence-corrected chi connectivity index (χ1v) is 12.2. The molecule has 0 radical (unpaired) electrons. The number of para-hydroxylation sites is 1. The van der Waals surface area contributed by atoms with E-state index in [1.165, 1.54) is 34.5 Å². The van der Waals surface area contributed by atoms with Gasteiger partial charge in [0.2, 0.25) is 15.9 Å². The van der Waals surface area contributed by atoms with Crippen molar-refractivity contribution < 1.29 is 31.1 Å². The zero-order chi connectivity index (χ0) is 24.1. The molecule has 1 heterocycles. The monoisotopic (exact) mass is 484 g/mol. The van der Waals surface area contributed by atoms with Crippen LogP contribution < -0.4 is 4.74 Å². The summed E-state index contributed by atoms with van der Waals surface area (Å²) in [5, 5.41) is 0. The summed E-state index contributed by atoms with van der Waals surface area (Å²) >= 11 is 0. The summed E-state index contributed by atoms with van der Waals surface area (Å²) in [6, 6.07) is 12.2. The maximum absolute atomic E-state index is 12.7. The van der Waals surface area contributed by atoms with E-state index in [1.54, 1.807) is 30.3 Å². The minimum absolute atomic E-state index is 0.0297. The number of carbonyl (C=O) groups excluding carboxylic acids is 1. The number of alkyl halides is 3. The van der Waals surface area contributed by atoms with Gasteiger partial charge in [0.05, 0.1) is 4.90 Å². The van der Waals surface area contributed by atoms with Crippen LogP contribution in [0.4, 0.5) is 13.2 Å². The first kappa shape index (κ1) is 25.0. The van der Waals surface area contributed by atoms with Gasteiger partial charge < -0.3 is 9.64 Å². The molecule has 0 bridgehead atoms. The Bertz CT molecular complexity index is 1050. The quantitative estimate of drug-likeness (QED) is 0.559. The highest BCUT2D eigenvalue weighted by Gasteiger charge is 2.32. The highest BCUT2D eigenvalue weighted by Crippen LogP contribution is 2.27. The van der Waals surface area contributed by atoms with Gasteiger partial charge >= 0.3 is 6.36 Å². The van der Waals surface area contributed by atoms with Gasteiger partial charge in [0, 0.05) is 38.7 Å². The van der Waals surface area contributed by atoms with Crippen LogP contribution in [-0.2, 0) is 27.8 Å². The molecule has 0 saturated carbocycles. The predicted octanol–water partition coefficient (Wildman–Crippen LogP) is 4.35. The Kier molecular flexibility index (Phi) is 8.01. The number of sulfonamides is 1. The number of nitrogens with zero attached hydrogens (tertiary/aromatic N) is 2. The molecule has 2 aromatic rings. The molecular formula is C23H27F3N2O4S. The van der Waals surface area contributed by atoms with Gasteiger partial charge in [-0.2, -0.15) is 4.31 Å². The van der Waals surface area contributed by atoms with Gasteiger partial charge in [-0.25, -0.2) is 8.42 Å². The van der Waals surface area contributed by atoms with E-state index in [1.807, 2.05) is 0 Å². The van der Waals surface area contributed by atoms with Crippen molar-refractivity contribution in [2.75, 3.05) is 20.1 Å². The van der Waals surface area contributed by atoms with Crippen molar-refractivity contribution in [1.82, 2.24) is 9.21 Å². The smallest absolute Gasteiger partial charge is 0.405 e. The molecule has 0 aromatic heterocycles. The molecule has 1 aliphatic rings. The first-order valence-electron chi connectivity index (χ1n) is 10.7. The summed E-state index contributed by atoms with van der Waals surface area (Å²) in [7, 11) is -1.99. The second-order valence-electron chi connectivity index (χ2n) is 8.01. The fraction of sp³-hybridized carbons (Fsp3) is 0.435. The Morgan fingerprint density at radius 2 is 1.67 bits per heavy atom. The molecule has 0 unspecified atom stereocenters. The van der Waals surface area contributed by atoms with Crippen molar-refractivity contribution >= 4 is 15.9 Å². The Balaban J connectivity index is 1.56. The molecule has 10 heteroatoms. The van der Waals surface area contributed by atoms with Gasteiger partial charge in [-0.15, -0.1) is 13.2 Å². The fourth-order valence-corrected chi connectivity index (χ4v) is 5.24. The number of aryl methyl sites for hydroxylation is 1. The maximum Gasteiger partial charge on any atom is 0.573 e. The molecule has 0 N–H and O–H groups in total. The normalized spacial score (nSPS) is 15.3. The fourth-order valence-electron chi connectivity index (χ4n) is 3.73. The van der Waals surface area contributed by atoms with Crippen LogP contribution in [0.2, 0.25) is 0 Å². The number of hydrogen-bond donors (Lipinski definition) is 0. The molecule has 1 aliphatic heterocycles. The summed E-state index contributed by atoms with van der Waals surface area (Å²) in [5.74, 6) is -0.586. The Hall–Kier alpha value is -2.59. The minimum atomic E-state index is -4.81. The van der Waals surface area contributed by atoms with Gasteiger partial charge in [0.15, 0.2) is 0 Å². The third kappa shape index (κ3) is 6.94. The van der Waals surface area contributed by atoms with Crippen LogP contribution in [0, 0.1) is 0 Å². The average Bonchev–Trinajstić information content (AvgIpc) is 2.78. The second kappa shape index (κ2) is 10.6. The van der Waals surface area contributed by atoms with Crippen LogP contribution >= 0.6 is 0 Å². The van der Waals surface area contributed by atoms with E-state index in [9.17, 15) is 26.4 Å². The molecule has 1 fully saturated rings. The van der Waals surface area contributed by atoms with E-state index in [-0.39, 0.29) is 35.1 Å². The molecule has 1 amide bonds. The lowest BCUT2D eigenvalue weighted by molar-refractivity contribution is -0.275. The predicted molar refractivity (Wildman–Crippen MR) is 117 cm³/mol. The van der Waals surface area contributed by atoms with E-state index in [0.29, 0.717) is 19.5 Å². The molecule has 6 nitrogen and oxygen atoms in total. The molecule has 3 rings (SSSR count). The molecule has 33 heavy (non-hydrogen) atoms. The number of amides is 1. The zero-order valence-corrected chi connectivity index (χ0v) is 19.2. The molecule has 1 saturated heterocycles. The van der Waals surface area contributed by atoms with Crippen molar-refractivity contribution in [2.45, 2.75) is 49.9 Å². The second-order valence-corrected chi connectivity index (χ2v) is 9.95. The third-order valence-corrected chi connectivity index (χ3v) is 7.45. The van der Waals surface area contributed by atoms with E-state index < -0.39 is 16.4 Å². The number of ether oxygens (including phenoxy) is 1. The summed E-state index contributed by atoms with van der Waals surface area (Å²) in [6.45, 7) is 1.03. The van der Waals surface area contributed by atoms with Crippen molar-refractivity contribution in [2.24, 2.45) is 0 Å². The lowest BCUT2D eigenvalue weighted by Gasteiger charge is -2.25. The molecule has 0 spiro atoms. The van der Waals surface area contributed by atoms with E-state index in [2.05, 4.69) is 4.74 Å². The minimum Gasteiger partial charge on any atom is -0.405 e. The number of rotatable bonds is 8. The van der Waals surface area contributed by atoms with Crippen molar-refractivity contribution in [3.63, 3.8) is 0 Å². The highest BCUT2D eigenvalue weighted by molar-refractivity contribution is 7.89. The van der Waals surface area contributed by atoms with Crippen LogP contribution in [0.1, 0.15) is 36.8 Å². The summed E-state index contributed by atoms with van der Waals surface area (Å²) in [6.07, 6.45) is -1.54. The molecular weight excluding hydrogens is 457 g/mol. The van der Waals surface area contributed by atoms with Crippen LogP contribution in [0.5, 0.6) is 5.75 Å². The summed E-state index contributed by atoms with van der Waals surface area (Å²) in [4.78, 5) is 14.1.